The van der Waals surface area contributed by atoms with Crippen molar-refractivity contribution in [3.63, 3.8) is 0 Å². The van der Waals surface area contributed by atoms with E-state index in [0.29, 0.717) is 13.1 Å². The van der Waals surface area contributed by atoms with E-state index in [-0.39, 0.29) is 29.6 Å². The van der Waals surface area contributed by atoms with Gasteiger partial charge in [0.05, 0.1) is 12.7 Å². The maximum atomic E-state index is 12.3. The Balaban J connectivity index is 1.41. The van der Waals surface area contributed by atoms with Crippen LogP contribution < -0.4 is 5.32 Å². The van der Waals surface area contributed by atoms with Crippen molar-refractivity contribution >= 4 is 17.7 Å². The minimum absolute atomic E-state index is 0.0134. The third-order valence-electron chi connectivity index (χ3n) is 4.91. The number of carbonyl (C=O) groups excluding carboxylic acids is 3. The molecule has 0 radical (unpaired) electrons. The normalized spacial score (nSPS) is 23.3. The highest BCUT2D eigenvalue weighted by atomic mass is 16.2. The van der Waals surface area contributed by atoms with Gasteiger partial charge in [-0.3, -0.25) is 24.0 Å². The molecule has 0 aromatic carbocycles. The van der Waals surface area contributed by atoms with Gasteiger partial charge in [-0.25, -0.2) is 0 Å². The van der Waals surface area contributed by atoms with Crippen LogP contribution in [0.25, 0.3) is 0 Å². The molecule has 1 N–H and O–H groups in total. The first-order valence-electron chi connectivity index (χ1n) is 8.77. The van der Waals surface area contributed by atoms with Gasteiger partial charge in [0.2, 0.25) is 5.91 Å². The van der Waals surface area contributed by atoms with Crippen molar-refractivity contribution in [1.82, 2.24) is 25.2 Å². The average Bonchev–Trinajstić information content (AvgIpc) is 3.22. The van der Waals surface area contributed by atoms with Crippen LogP contribution in [0.1, 0.15) is 38.3 Å². The highest BCUT2D eigenvalue weighted by Crippen LogP contribution is 2.30. The van der Waals surface area contributed by atoms with Gasteiger partial charge in [0, 0.05) is 31.2 Å². The van der Waals surface area contributed by atoms with Gasteiger partial charge >= 0.3 is 0 Å². The lowest BCUT2D eigenvalue weighted by Gasteiger charge is -2.29. The van der Waals surface area contributed by atoms with Crippen LogP contribution in [0.5, 0.6) is 0 Å². The second-order valence-electron chi connectivity index (χ2n) is 6.62. The maximum absolute atomic E-state index is 12.3. The van der Waals surface area contributed by atoms with Gasteiger partial charge in [-0.1, -0.05) is 5.21 Å². The zero-order valence-electron chi connectivity index (χ0n) is 14.4. The van der Waals surface area contributed by atoms with E-state index in [1.165, 1.54) is 17.1 Å². The van der Waals surface area contributed by atoms with Crippen LogP contribution in [0.2, 0.25) is 0 Å². The number of imide groups is 1. The van der Waals surface area contributed by atoms with E-state index in [1.54, 1.807) is 4.68 Å². The van der Waals surface area contributed by atoms with E-state index < -0.39 is 0 Å². The standard InChI is InChI=1S/C17H23N5O3/c1-2-21-11-14(19-20-21)9-18-17(25)13-5-3-12(4-6-13)10-22-15(23)7-8-16(22)24/h7-8,11-13H,2-6,9-10H2,1H3,(H,18,25). The summed E-state index contributed by atoms with van der Waals surface area (Å²) in [5.74, 6) is -0.156. The second kappa shape index (κ2) is 7.58. The molecule has 2 heterocycles. The molecule has 8 heteroatoms. The number of hydrogen-bond acceptors (Lipinski definition) is 5. The van der Waals surface area contributed by atoms with Gasteiger partial charge in [0.1, 0.15) is 5.69 Å². The lowest BCUT2D eigenvalue weighted by atomic mass is 9.81. The van der Waals surface area contributed by atoms with Gasteiger partial charge in [-0.05, 0) is 38.5 Å². The summed E-state index contributed by atoms with van der Waals surface area (Å²) in [5, 5.41) is 10.9. The Morgan fingerprint density at radius 1 is 1.20 bits per heavy atom. The Labute approximate surface area is 146 Å². The lowest BCUT2D eigenvalue weighted by Crippen LogP contribution is -2.38. The highest BCUT2D eigenvalue weighted by molar-refractivity contribution is 6.12. The van der Waals surface area contributed by atoms with Crippen LogP contribution in [0.3, 0.4) is 0 Å². The smallest absolute Gasteiger partial charge is 0.253 e. The molecule has 1 aliphatic heterocycles. The van der Waals surface area contributed by atoms with Crippen molar-refractivity contribution in [2.75, 3.05) is 6.54 Å². The molecular weight excluding hydrogens is 322 g/mol. The zero-order chi connectivity index (χ0) is 17.8. The van der Waals surface area contributed by atoms with Crippen molar-refractivity contribution in [2.45, 2.75) is 45.7 Å². The SMILES string of the molecule is CCn1cc(CNC(=O)C2CCC(CN3C(=O)C=CC3=O)CC2)nn1. The predicted octanol–water partition coefficient (Wildman–Crippen LogP) is 0.646. The van der Waals surface area contributed by atoms with Gasteiger partial charge < -0.3 is 5.32 Å². The summed E-state index contributed by atoms with van der Waals surface area (Å²) in [6.45, 7) is 3.58. The number of nitrogens with zero attached hydrogens (tertiary/aromatic N) is 4. The minimum Gasteiger partial charge on any atom is -0.350 e. The number of aromatic nitrogens is 3. The monoisotopic (exact) mass is 345 g/mol. The van der Waals surface area contributed by atoms with E-state index in [4.69, 9.17) is 0 Å². The fourth-order valence-corrected chi connectivity index (χ4v) is 3.37. The Hall–Kier alpha value is -2.51. The van der Waals surface area contributed by atoms with E-state index >= 15 is 0 Å². The molecular formula is C17H23N5O3. The number of rotatable bonds is 6. The maximum Gasteiger partial charge on any atom is 0.253 e. The number of carbonyl (C=O) groups is 3. The third kappa shape index (κ3) is 4.12. The van der Waals surface area contributed by atoms with Crippen LogP contribution >= 0.6 is 0 Å². The summed E-state index contributed by atoms with van der Waals surface area (Å²) in [4.78, 5) is 36.8. The molecule has 1 aromatic rings. The topological polar surface area (TPSA) is 97.2 Å². The summed E-state index contributed by atoms with van der Waals surface area (Å²) >= 11 is 0. The number of aryl methyl sites for hydroxylation is 1. The molecule has 8 nitrogen and oxygen atoms in total. The van der Waals surface area contributed by atoms with Crippen LogP contribution in [-0.2, 0) is 27.5 Å². The fourth-order valence-electron chi connectivity index (χ4n) is 3.37. The van der Waals surface area contributed by atoms with E-state index in [1.807, 2.05) is 13.1 Å². The Kier molecular flexibility index (Phi) is 5.25. The number of hydrogen-bond donors (Lipinski definition) is 1. The second-order valence-corrected chi connectivity index (χ2v) is 6.62. The van der Waals surface area contributed by atoms with Crippen molar-refractivity contribution in [3.8, 4) is 0 Å². The average molecular weight is 345 g/mol. The molecule has 1 aliphatic carbocycles. The first-order chi connectivity index (χ1) is 12.1. The van der Waals surface area contributed by atoms with E-state index in [0.717, 1.165) is 37.9 Å². The van der Waals surface area contributed by atoms with Crippen molar-refractivity contribution in [1.29, 1.82) is 0 Å². The molecule has 2 aliphatic rings. The van der Waals surface area contributed by atoms with Gasteiger partial charge in [-0.15, -0.1) is 5.10 Å². The minimum atomic E-state index is -0.231. The van der Waals surface area contributed by atoms with Gasteiger partial charge in [0.25, 0.3) is 11.8 Å². The highest BCUT2D eigenvalue weighted by Gasteiger charge is 2.31. The summed E-state index contributed by atoms with van der Waals surface area (Å²) in [7, 11) is 0. The van der Waals surface area contributed by atoms with Crippen LogP contribution in [0.15, 0.2) is 18.3 Å². The summed E-state index contributed by atoms with van der Waals surface area (Å²) in [6, 6.07) is 0. The molecule has 0 saturated heterocycles. The van der Waals surface area contributed by atoms with E-state index in [2.05, 4.69) is 15.6 Å². The Bertz CT molecular complexity index is 670. The molecule has 3 amide bonds. The lowest BCUT2D eigenvalue weighted by molar-refractivity contribution is -0.138. The first kappa shape index (κ1) is 17.3. The summed E-state index contributed by atoms with van der Waals surface area (Å²) in [5.41, 5.74) is 0.752. The molecule has 25 heavy (non-hydrogen) atoms. The molecule has 1 saturated carbocycles. The van der Waals surface area contributed by atoms with Crippen LogP contribution in [0, 0.1) is 11.8 Å². The Morgan fingerprint density at radius 2 is 1.88 bits per heavy atom. The third-order valence-corrected chi connectivity index (χ3v) is 4.91. The molecule has 0 spiro atoms. The van der Waals surface area contributed by atoms with Crippen LogP contribution in [0.4, 0.5) is 0 Å². The summed E-state index contributed by atoms with van der Waals surface area (Å²) < 4.78 is 1.72. The van der Waals surface area contributed by atoms with Crippen LogP contribution in [-0.4, -0.2) is 44.2 Å². The predicted molar refractivity (Wildman–Crippen MR) is 88.9 cm³/mol. The summed E-state index contributed by atoms with van der Waals surface area (Å²) in [6.07, 6.45) is 7.72. The van der Waals surface area contributed by atoms with Crippen molar-refractivity contribution < 1.29 is 14.4 Å². The van der Waals surface area contributed by atoms with Gasteiger partial charge in [-0.2, -0.15) is 0 Å². The molecule has 0 bridgehead atoms. The molecule has 0 unspecified atom stereocenters. The fraction of sp³-hybridized carbons (Fsp3) is 0.588. The molecule has 1 aromatic heterocycles. The quantitative estimate of drug-likeness (QED) is 0.763. The van der Waals surface area contributed by atoms with E-state index in [9.17, 15) is 14.4 Å². The van der Waals surface area contributed by atoms with Crippen molar-refractivity contribution in [3.05, 3.63) is 24.0 Å². The zero-order valence-corrected chi connectivity index (χ0v) is 14.4. The largest absolute Gasteiger partial charge is 0.350 e. The molecule has 1 fully saturated rings. The number of amides is 3. The molecule has 0 atom stereocenters. The number of nitrogens with one attached hydrogen (secondary N) is 1. The molecule has 134 valence electrons. The Morgan fingerprint density at radius 3 is 2.48 bits per heavy atom. The van der Waals surface area contributed by atoms with Gasteiger partial charge in [0.15, 0.2) is 0 Å². The first-order valence-corrected chi connectivity index (χ1v) is 8.77. The molecule has 3 rings (SSSR count). The van der Waals surface area contributed by atoms with Crippen molar-refractivity contribution in [2.24, 2.45) is 11.8 Å².